The number of rotatable bonds is 7. The van der Waals surface area contributed by atoms with Crippen molar-refractivity contribution in [3.63, 3.8) is 0 Å². The fourth-order valence-electron chi connectivity index (χ4n) is 2.82. The van der Waals surface area contributed by atoms with Crippen molar-refractivity contribution in [2.75, 3.05) is 31.1 Å². The van der Waals surface area contributed by atoms with Crippen LogP contribution < -0.4 is 15.5 Å². The third kappa shape index (κ3) is 4.37. The number of benzene rings is 1. The third-order valence-corrected chi connectivity index (χ3v) is 4.25. The maximum Gasteiger partial charge on any atom is 0.314 e. The van der Waals surface area contributed by atoms with Crippen LogP contribution in [0.4, 0.5) is 10.5 Å². The molecule has 0 aromatic heterocycles. The van der Waals surface area contributed by atoms with Gasteiger partial charge in [0, 0.05) is 38.0 Å². The summed E-state index contributed by atoms with van der Waals surface area (Å²) in [7, 11) is 0. The van der Waals surface area contributed by atoms with E-state index in [2.05, 4.69) is 46.7 Å². The highest BCUT2D eigenvalue weighted by atomic mass is 16.3. The standard InChI is InChI=1S/C17H27N3O2/c1-13(8-10-21)11-18-17(22)19-12-14(2)20-9-7-15-5-3-4-6-16(15)20/h3-6,13-14,21H,7-12H2,1-2H3,(H2,18,19,22). The van der Waals surface area contributed by atoms with Crippen LogP contribution in [-0.4, -0.2) is 43.4 Å². The Morgan fingerprint density at radius 2 is 2.00 bits per heavy atom. The zero-order chi connectivity index (χ0) is 15.9. The molecule has 5 nitrogen and oxygen atoms in total. The van der Waals surface area contributed by atoms with E-state index in [1.165, 1.54) is 11.3 Å². The van der Waals surface area contributed by atoms with Gasteiger partial charge in [-0.3, -0.25) is 0 Å². The summed E-state index contributed by atoms with van der Waals surface area (Å²) in [6.45, 7) is 6.53. The molecule has 0 spiro atoms. The number of carbonyl (C=O) groups is 1. The van der Waals surface area contributed by atoms with Crippen molar-refractivity contribution in [3.05, 3.63) is 29.8 Å². The monoisotopic (exact) mass is 305 g/mol. The minimum atomic E-state index is -0.135. The minimum Gasteiger partial charge on any atom is -0.396 e. The van der Waals surface area contributed by atoms with Gasteiger partial charge in [-0.1, -0.05) is 25.1 Å². The zero-order valence-electron chi connectivity index (χ0n) is 13.5. The van der Waals surface area contributed by atoms with Gasteiger partial charge < -0.3 is 20.6 Å². The molecule has 0 saturated heterocycles. The molecular formula is C17H27N3O2. The Bertz CT molecular complexity index is 493. The molecule has 3 N–H and O–H groups in total. The Labute approximate surface area is 132 Å². The van der Waals surface area contributed by atoms with Gasteiger partial charge in [-0.05, 0) is 37.3 Å². The summed E-state index contributed by atoms with van der Waals surface area (Å²) in [5, 5.41) is 14.6. The number of para-hydroxylation sites is 1. The Hall–Kier alpha value is -1.75. The predicted octanol–water partition coefficient (Wildman–Crippen LogP) is 1.76. The molecule has 1 aliphatic rings. The first-order valence-corrected chi connectivity index (χ1v) is 8.09. The van der Waals surface area contributed by atoms with Crippen molar-refractivity contribution in [3.8, 4) is 0 Å². The van der Waals surface area contributed by atoms with Crippen molar-refractivity contribution in [1.29, 1.82) is 0 Å². The third-order valence-electron chi connectivity index (χ3n) is 4.25. The Balaban J connectivity index is 1.74. The van der Waals surface area contributed by atoms with Gasteiger partial charge in [0.05, 0.1) is 0 Å². The van der Waals surface area contributed by atoms with Crippen LogP contribution >= 0.6 is 0 Å². The van der Waals surface area contributed by atoms with Gasteiger partial charge in [-0.15, -0.1) is 0 Å². The molecule has 1 aliphatic heterocycles. The van der Waals surface area contributed by atoms with Gasteiger partial charge in [0.25, 0.3) is 0 Å². The molecule has 5 heteroatoms. The largest absolute Gasteiger partial charge is 0.396 e. The summed E-state index contributed by atoms with van der Waals surface area (Å²) in [6, 6.07) is 8.59. The number of nitrogens with one attached hydrogen (secondary N) is 2. The number of anilines is 1. The molecule has 0 radical (unpaired) electrons. The van der Waals surface area contributed by atoms with Crippen LogP contribution in [0.25, 0.3) is 0 Å². The Kier molecular flexibility index (Phi) is 6.07. The molecule has 0 aliphatic carbocycles. The average Bonchev–Trinajstić information content (AvgIpc) is 2.95. The van der Waals surface area contributed by atoms with Crippen molar-refractivity contribution in [1.82, 2.24) is 10.6 Å². The SMILES string of the molecule is CC(CCO)CNC(=O)NCC(C)N1CCc2ccccc21. The van der Waals surface area contributed by atoms with Gasteiger partial charge >= 0.3 is 6.03 Å². The predicted molar refractivity (Wildman–Crippen MR) is 89.2 cm³/mol. The molecule has 22 heavy (non-hydrogen) atoms. The number of carbonyl (C=O) groups excluding carboxylic acids is 1. The lowest BCUT2D eigenvalue weighted by Gasteiger charge is -2.27. The number of hydrogen-bond acceptors (Lipinski definition) is 3. The second-order valence-corrected chi connectivity index (χ2v) is 6.13. The van der Waals surface area contributed by atoms with E-state index >= 15 is 0 Å². The normalized spacial score (nSPS) is 16.0. The second kappa shape index (κ2) is 8.03. The van der Waals surface area contributed by atoms with Crippen LogP contribution in [0.15, 0.2) is 24.3 Å². The van der Waals surface area contributed by atoms with Crippen LogP contribution in [0.2, 0.25) is 0 Å². The van der Waals surface area contributed by atoms with Gasteiger partial charge in [0.2, 0.25) is 0 Å². The molecule has 0 fully saturated rings. The summed E-state index contributed by atoms with van der Waals surface area (Å²) >= 11 is 0. The number of hydrogen-bond donors (Lipinski definition) is 3. The molecule has 1 aromatic rings. The molecule has 2 rings (SSSR count). The molecule has 1 heterocycles. The van der Waals surface area contributed by atoms with Gasteiger partial charge in [0.1, 0.15) is 0 Å². The fourth-order valence-corrected chi connectivity index (χ4v) is 2.82. The number of urea groups is 1. The maximum atomic E-state index is 11.8. The summed E-state index contributed by atoms with van der Waals surface area (Å²) in [6.07, 6.45) is 1.78. The number of fused-ring (bicyclic) bond motifs is 1. The summed E-state index contributed by atoms with van der Waals surface area (Å²) in [5.74, 6) is 0.290. The second-order valence-electron chi connectivity index (χ2n) is 6.13. The van der Waals surface area contributed by atoms with Crippen molar-refractivity contribution in [2.24, 2.45) is 5.92 Å². The zero-order valence-corrected chi connectivity index (χ0v) is 13.5. The Morgan fingerprint density at radius 3 is 2.77 bits per heavy atom. The first-order valence-electron chi connectivity index (χ1n) is 8.09. The maximum absolute atomic E-state index is 11.8. The summed E-state index contributed by atoms with van der Waals surface area (Å²) < 4.78 is 0. The van der Waals surface area contributed by atoms with Crippen LogP contribution in [0.1, 0.15) is 25.8 Å². The van der Waals surface area contributed by atoms with Crippen LogP contribution in [0, 0.1) is 5.92 Å². The lowest BCUT2D eigenvalue weighted by atomic mass is 10.1. The van der Waals surface area contributed by atoms with Crippen LogP contribution in [-0.2, 0) is 6.42 Å². The highest BCUT2D eigenvalue weighted by Gasteiger charge is 2.22. The molecule has 122 valence electrons. The van der Waals surface area contributed by atoms with E-state index in [0.29, 0.717) is 25.4 Å². The van der Waals surface area contributed by atoms with E-state index in [9.17, 15) is 4.79 Å². The van der Waals surface area contributed by atoms with Crippen LogP contribution in [0.5, 0.6) is 0 Å². The van der Waals surface area contributed by atoms with E-state index in [-0.39, 0.29) is 18.7 Å². The van der Waals surface area contributed by atoms with Gasteiger partial charge in [-0.2, -0.15) is 0 Å². The lowest BCUT2D eigenvalue weighted by Crippen LogP contribution is -2.45. The Morgan fingerprint density at radius 1 is 1.27 bits per heavy atom. The van der Waals surface area contributed by atoms with E-state index < -0.39 is 0 Å². The molecule has 2 amide bonds. The first kappa shape index (κ1) is 16.6. The van der Waals surface area contributed by atoms with E-state index in [4.69, 9.17) is 5.11 Å². The van der Waals surface area contributed by atoms with E-state index in [1.54, 1.807) is 0 Å². The quantitative estimate of drug-likeness (QED) is 0.719. The lowest BCUT2D eigenvalue weighted by molar-refractivity contribution is 0.233. The highest BCUT2D eigenvalue weighted by molar-refractivity contribution is 5.74. The number of aliphatic hydroxyl groups excluding tert-OH is 1. The molecular weight excluding hydrogens is 278 g/mol. The topological polar surface area (TPSA) is 64.6 Å². The molecule has 0 bridgehead atoms. The van der Waals surface area contributed by atoms with E-state index in [1.807, 2.05) is 6.92 Å². The number of amides is 2. The first-order chi connectivity index (χ1) is 10.6. The van der Waals surface area contributed by atoms with Crippen LogP contribution in [0.3, 0.4) is 0 Å². The summed E-state index contributed by atoms with van der Waals surface area (Å²) in [4.78, 5) is 14.2. The van der Waals surface area contributed by atoms with E-state index in [0.717, 1.165) is 13.0 Å². The molecule has 2 atom stereocenters. The van der Waals surface area contributed by atoms with Crippen molar-refractivity contribution in [2.45, 2.75) is 32.7 Å². The van der Waals surface area contributed by atoms with Gasteiger partial charge in [0.15, 0.2) is 0 Å². The molecule has 2 unspecified atom stereocenters. The molecule has 1 aromatic carbocycles. The number of nitrogens with zero attached hydrogens (tertiary/aromatic N) is 1. The highest BCUT2D eigenvalue weighted by Crippen LogP contribution is 2.28. The fraction of sp³-hybridized carbons (Fsp3) is 0.588. The summed E-state index contributed by atoms with van der Waals surface area (Å²) in [5.41, 5.74) is 2.67. The van der Waals surface area contributed by atoms with Crippen molar-refractivity contribution >= 4 is 11.7 Å². The number of aliphatic hydroxyl groups is 1. The minimum absolute atomic E-state index is 0.135. The average molecular weight is 305 g/mol. The smallest absolute Gasteiger partial charge is 0.314 e. The van der Waals surface area contributed by atoms with Gasteiger partial charge in [-0.25, -0.2) is 4.79 Å². The molecule has 0 saturated carbocycles. The van der Waals surface area contributed by atoms with Crippen molar-refractivity contribution < 1.29 is 9.90 Å².